The molecule has 0 spiro atoms. The Hall–Kier alpha value is -1.03. The van der Waals surface area contributed by atoms with Crippen molar-refractivity contribution in [2.24, 2.45) is 0 Å². The van der Waals surface area contributed by atoms with Gasteiger partial charge < -0.3 is 15.0 Å². The minimum Gasteiger partial charge on any atom is -0.377 e. The maximum atomic E-state index is 6.20. The predicted octanol–water partition coefficient (Wildman–Crippen LogP) is 4.62. The van der Waals surface area contributed by atoms with Crippen molar-refractivity contribution < 1.29 is 4.74 Å². The van der Waals surface area contributed by atoms with E-state index in [4.69, 9.17) is 16.3 Å². The van der Waals surface area contributed by atoms with Crippen molar-refractivity contribution in [3.8, 4) is 0 Å². The van der Waals surface area contributed by atoms with E-state index in [9.17, 15) is 0 Å². The molecule has 3 atom stereocenters. The van der Waals surface area contributed by atoms with Crippen LogP contribution < -0.4 is 5.32 Å². The van der Waals surface area contributed by atoms with Crippen LogP contribution in [0.15, 0.2) is 24.4 Å². The van der Waals surface area contributed by atoms with Gasteiger partial charge in [0.1, 0.15) is 0 Å². The van der Waals surface area contributed by atoms with Gasteiger partial charge in [0.15, 0.2) is 0 Å². The lowest BCUT2D eigenvalue weighted by Gasteiger charge is -2.30. The zero-order valence-corrected chi connectivity index (χ0v) is 14.2. The maximum absolute atomic E-state index is 6.20. The fourth-order valence-electron chi connectivity index (χ4n) is 4.21. The molecule has 0 radical (unpaired) electrons. The summed E-state index contributed by atoms with van der Waals surface area (Å²) in [4.78, 5) is 3.41. The molecule has 1 saturated heterocycles. The first-order chi connectivity index (χ1) is 11.3. The second-order valence-electron chi connectivity index (χ2n) is 7.04. The van der Waals surface area contributed by atoms with E-state index in [1.54, 1.807) is 0 Å². The van der Waals surface area contributed by atoms with Crippen LogP contribution in [0.3, 0.4) is 0 Å². The first kappa shape index (κ1) is 15.5. The number of fused-ring (bicyclic) bond motifs is 1. The van der Waals surface area contributed by atoms with Crippen molar-refractivity contribution >= 4 is 22.5 Å². The van der Waals surface area contributed by atoms with Crippen LogP contribution in [0.2, 0.25) is 5.02 Å². The second kappa shape index (κ2) is 6.84. The summed E-state index contributed by atoms with van der Waals surface area (Å²) in [5, 5.41) is 5.87. The van der Waals surface area contributed by atoms with Gasteiger partial charge in [-0.15, -0.1) is 0 Å². The van der Waals surface area contributed by atoms with Crippen molar-refractivity contribution in [3.05, 3.63) is 35.0 Å². The van der Waals surface area contributed by atoms with Gasteiger partial charge in [-0.1, -0.05) is 18.0 Å². The Kier molecular flexibility index (Phi) is 4.61. The Morgan fingerprint density at radius 2 is 2.17 bits per heavy atom. The van der Waals surface area contributed by atoms with E-state index < -0.39 is 0 Å². The third kappa shape index (κ3) is 3.42. The Morgan fingerprint density at radius 1 is 1.22 bits per heavy atom. The van der Waals surface area contributed by atoms with Gasteiger partial charge in [-0.25, -0.2) is 0 Å². The SMILES string of the molecule is Clc1ccc2[nH]cc([C@@H]3CCC[C@H](NC[C@@H]4CCCO4)C3)c2c1. The van der Waals surface area contributed by atoms with E-state index >= 15 is 0 Å². The number of nitrogens with one attached hydrogen (secondary N) is 2. The van der Waals surface area contributed by atoms with Crippen LogP contribution in [0.5, 0.6) is 0 Å². The average Bonchev–Trinajstić information content (AvgIpc) is 3.22. The third-order valence-corrected chi connectivity index (χ3v) is 5.68. The van der Waals surface area contributed by atoms with Crippen LogP contribution in [-0.4, -0.2) is 30.3 Å². The van der Waals surface area contributed by atoms with Gasteiger partial charge in [0.2, 0.25) is 0 Å². The molecule has 1 aliphatic heterocycles. The molecule has 124 valence electrons. The van der Waals surface area contributed by atoms with Crippen molar-refractivity contribution in [1.82, 2.24) is 10.3 Å². The minimum absolute atomic E-state index is 0.433. The third-order valence-electron chi connectivity index (χ3n) is 5.45. The molecule has 2 heterocycles. The molecule has 1 saturated carbocycles. The van der Waals surface area contributed by atoms with Gasteiger partial charge in [0.05, 0.1) is 6.10 Å². The lowest BCUT2D eigenvalue weighted by molar-refractivity contribution is 0.105. The zero-order chi connectivity index (χ0) is 15.6. The summed E-state index contributed by atoms with van der Waals surface area (Å²) < 4.78 is 5.73. The summed E-state index contributed by atoms with van der Waals surface area (Å²) in [5.74, 6) is 0.623. The number of hydrogen-bond donors (Lipinski definition) is 2. The Morgan fingerprint density at radius 3 is 3.04 bits per heavy atom. The number of hydrogen-bond acceptors (Lipinski definition) is 2. The molecule has 3 nitrogen and oxygen atoms in total. The molecule has 23 heavy (non-hydrogen) atoms. The number of ether oxygens (including phenoxy) is 1. The molecule has 2 aliphatic rings. The van der Waals surface area contributed by atoms with Crippen LogP contribution in [0.25, 0.3) is 10.9 Å². The molecule has 1 aliphatic carbocycles. The van der Waals surface area contributed by atoms with E-state index in [-0.39, 0.29) is 0 Å². The van der Waals surface area contributed by atoms with Gasteiger partial charge in [-0.05, 0) is 61.8 Å². The molecule has 0 amide bonds. The smallest absolute Gasteiger partial charge is 0.0700 e. The number of H-pyrrole nitrogens is 1. The number of aromatic amines is 1. The van der Waals surface area contributed by atoms with Gasteiger partial charge in [-0.2, -0.15) is 0 Å². The number of aromatic nitrogens is 1. The molecule has 4 heteroatoms. The Balaban J connectivity index is 1.44. The quantitative estimate of drug-likeness (QED) is 0.857. The molecular weight excluding hydrogens is 308 g/mol. The zero-order valence-electron chi connectivity index (χ0n) is 13.5. The second-order valence-corrected chi connectivity index (χ2v) is 7.47. The number of halogens is 1. The molecular formula is C19H25ClN2O. The van der Waals surface area contributed by atoms with Crippen molar-refractivity contribution in [2.75, 3.05) is 13.2 Å². The highest BCUT2D eigenvalue weighted by atomic mass is 35.5. The van der Waals surface area contributed by atoms with Gasteiger partial charge >= 0.3 is 0 Å². The Bertz CT molecular complexity index is 662. The molecule has 2 fully saturated rings. The summed E-state index contributed by atoms with van der Waals surface area (Å²) in [6, 6.07) is 6.75. The van der Waals surface area contributed by atoms with Gasteiger partial charge in [0, 0.05) is 41.3 Å². The van der Waals surface area contributed by atoms with Crippen LogP contribution in [-0.2, 0) is 4.74 Å². The highest BCUT2D eigenvalue weighted by molar-refractivity contribution is 6.31. The predicted molar refractivity (Wildman–Crippen MR) is 95.3 cm³/mol. The molecule has 0 unspecified atom stereocenters. The fourth-order valence-corrected chi connectivity index (χ4v) is 4.39. The lowest BCUT2D eigenvalue weighted by atomic mass is 9.81. The number of benzene rings is 1. The molecule has 2 aromatic rings. The van der Waals surface area contributed by atoms with Crippen LogP contribution >= 0.6 is 11.6 Å². The van der Waals surface area contributed by atoms with E-state index in [1.165, 1.54) is 55.0 Å². The fraction of sp³-hybridized carbons (Fsp3) is 0.579. The molecule has 2 N–H and O–H groups in total. The summed E-state index contributed by atoms with van der Waals surface area (Å²) in [5.41, 5.74) is 2.63. The van der Waals surface area contributed by atoms with Gasteiger partial charge in [-0.3, -0.25) is 0 Å². The van der Waals surface area contributed by atoms with E-state index in [0.717, 1.165) is 18.2 Å². The van der Waals surface area contributed by atoms with Crippen LogP contribution in [0.1, 0.15) is 50.0 Å². The summed E-state index contributed by atoms with van der Waals surface area (Å²) >= 11 is 6.20. The highest BCUT2D eigenvalue weighted by Crippen LogP contribution is 2.37. The first-order valence-corrected chi connectivity index (χ1v) is 9.29. The van der Waals surface area contributed by atoms with Crippen molar-refractivity contribution in [1.29, 1.82) is 0 Å². The summed E-state index contributed by atoms with van der Waals surface area (Å²) in [7, 11) is 0. The molecule has 1 aromatic heterocycles. The molecule has 0 bridgehead atoms. The van der Waals surface area contributed by atoms with Crippen molar-refractivity contribution in [3.63, 3.8) is 0 Å². The molecule has 4 rings (SSSR count). The first-order valence-electron chi connectivity index (χ1n) is 8.91. The number of rotatable bonds is 4. The Labute approximate surface area is 142 Å². The van der Waals surface area contributed by atoms with E-state index in [1.807, 2.05) is 6.07 Å². The highest BCUT2D eigenvalue weighted by Gasteiger charge is 2.26. The van der Waals surface area contributed by atoms with Crippen molar-refractivity contribution in [2.45, 2.75) is 56.6 Å². The minimum atomic E-state index is 0.433. The normalized spacial score (nSPS) is 28.5. The lowest BCUT2D eigenvalue weighted by Crippen LogP contribution is -2.38. The monoisotopic (exact) mass is 332 g/mol. The standard InChI is InChI=1S/C19H25ClN2O/c20-14-6-7-19-17(10-14)18(12-22-19)13-3-1-4-15(9-13)21-11-16-5-2-8-23-16/h6-7,10,12-13,15-16,21-22H,1-5,8-9,11H2/t13-,15+,16+/m1/s1. The van der Waals surface area contributed by atoms with Crippen LogP contribution in [0, 0.1) is 0 Å². The molecule has 1 aromatic carbocycles. The summed E-state index contributed by atoms with van der Waals surface area (Å²) in [6.45, 7) is 1.95. The van der Waals surface area contributed by atoms with Crippen LogP contribution in [0.4, 0.5) is 0 Å². The topological polar surface area (TPSA) is 37.0 Å². The van der Waals surface area contributed by atoms with Gasteiger partial charge in [0.25, 0.3) is 0 Å². The average molecular weight is 333 g/mol. The summed E-state index contributed by atoms with van der Waals surface area (Å²) in [6.07, 6.45) is 10.1. The maximum Gasteiger partial charge on any atom is 0.0700 e. The van der Waals surface area contributed by atoms with E-state index in [2.05, 4.69) is 28.6 Å². The van der Waals surface area contributed by atoms with E-state index in [0.29, 0.717) is 18.1 Å². The largest absolute Gasteiger partial charge is 0.377 e.